The van der Waals surface area contributed by atoms with Gasteiger partial charge in [0, 0.05) is 17.1 Å². The number of ether oxygens (including phenoxy) is 1. The molecule has 1 N–H and O–H groups in total. The predicted octanol–water partition coefficient (Wildman–Crippen LogP) is 1.38. The van der Waals surface area contributed by atoms with E-state index in [0.717, 1.165) is 0 Å². The van der Waals surface area contributed by atoms with Gasteiger partial charge in [-0.25, -0.2) is 4.79 Å². The van der Waals surface area contributed by atoms with Gasteiger partial charge in [0.05, 0.1) is 18.1 Å². The number of fused-ring (bicyclic) bond motifs is 2. The lowest BCUT2D eigenvalue weighted by Crippen LogP contribution is -2.51. The molecule has 0 unspecified atom stereocenters. The Morgan fingerprint density at radius 2 is 1.92 bits per heavy atom. The molecule has 0 saturated heterocycles. The van der Waals surface area contributed by atoms with Gasteiger partial charge in [0.2, 0.25) is 5.91 Å². The van der Waals surface area contributed by atoms with Crippen LogP contribution < -0.4 is 10.4 Å². The first kappa shape index (κ1) is 17.2. The van der Waals surface area contributed by atoms with Crippen molar-refractivity contribution in [2.45, 2.75) is 20.3 Å². The standard InChI is InChI=1S/C19H21NO5/c1-3-25-17(22)11-5-8-14(9-6-11)20-16(21)15-12-4-7-13(10-12)19(15,2)18(23)24/h4-9,12-13,15H,3,10H2,1-2H3,(H,20,21)(H,23,24)/p-1/t12-,13-,15+,19+/m0/s1. The number of carbonyl (C=O) groups is 3. The minimum atomic E-state index is -1.20. The summed E-state index contributed by atoms with van der Waals surface area (Å²) in [4.78, 5) is 36.0. The van der Waals surface area contributed by atoms with Crippen LogP contribution in [0.5, 0.6) is 0 Å². The largest absolute Gasteiger partial charge is 0.550 e. The molecule has 1 fully saturated rings. The molecule has 1 aromatic carbocycles. The van der Waals surface area contributed by atoms with E-state index >= 15 is 0 Å². The number of carboxylic acids is 1. The van der Waals surface area contributed by atoms with E-state index in [2.05, 4.69) is 5.32 Å². The van der Waals surface area contributed by atoms with Crippen molar-refractivity contribution >= 4 is 23.5 Å². The van der Waals surface area contributed by atoms with Gasteiger partial charge in [-0.15, -0.1) is 0 Å². The molecule has 3 rings (SSSR count). The van der Waals surface area contributed by atoms with E-state index in [-0.39, 0.29) is 24.3 Å². The number of amides is 1. The van der Waals surface area contributed by atoms with Crippen molar-refractivity contribution < 1.29 is 24.2 Å². The molecular weight excluding hydrogens is 322 g/mol. The van der Waals surface area contributed by atoms with E-state index < -0.39 is 23.3 Å². The molecule has 1 saturated carbocycles. The number of esters is 1. The number of hydrogen-bond donors (Lipinski definition) is 1. The van der Waals surface area contributed by atoms with E-state index in [9.17, 15) is 19.5 Å². The molecule has 6 heteroatoms. The Hall–Kier alpha value is -2.63. The van der Waals surface area contributed by atoms with Gasteiger partial charge in [0.1, 0.15) is 0 Å². The molecule has 2 bridgehead atoms. The van der Waals surface area contributed by atoms with Gasteiger partial charge < -0.3 is 20.0 Å². The number of carboxylic acid groups (broad SMARTS) is 1. The first-order valence-corrected chi connectivity index (χ1v) is 8.35. The van der Waals surface area contributed by atoms with E-state index in [1.807, 2.05) is 12.2 Å². The van der Waals surface area contributed by atoms with E-state index in [4.69, 9.17) is 4.74 Å². The summed E-state index contributed by atoms with van der Waals surface area (Å²) in [5, 5.41) is 14.4. The van der Waals surface area contributed by atoms with Crippen molar-refractivity contribution in [1.82, 2.24) is 0 Å². The van der Waals surface area contributed by atoms with E-state index in [1.54, 1.807) is 38.1 Å². The molecule has 0 spiro atoms. The molecule has 6 nitrogen and oxygen atoms in total. The molecule has 2 aliphatic carbocycles. The van der Waals surface area contributed by atoms with Crippen LogP contribution in [0.3, 0.4) is 0 Å². The summed E-state index contributed by atoms with van der Waals surface area (Å²) in [5.74, 6) is -2.90. The van der Waals surface area contributed by atoms with Crippen molar-refractivity contribution in [1.29, 1.82) is 0 Å². The Kier molecular flexibility index (Phi) is 4.37. The Labute approximate surface area is 145 Å². The molecule has 132 valence electrons. The van der Waals surface area contributed by atoms with Crippen LogP contribution in [0.15, 0.2) is 36.4 Å². The highest BCUT2D eigenvalue weighted by Crippen LogP contribution is 2.56. The van der Waals surface area contributed by atoms with Crippen LogP contribution >= 0.6 is 0 Å². The third-order valence-corrected chi connectivity index (χ3v) is 5.35. The van der Waals surface area contributed by atoms with Crippen molar-refractivity contribution in [3.05, 3.63) is 42.0 Å². The summed E-state index contributed by atoms with van der Waals surface area (Å²) in [6.45, 7) is 3.60. The van der Waals surface area contributed by atoms with Crippen molar-refractivity contribution in [3.63, 3.8) is 0 Å². The summed E-state index contributed by atoms with van der Waals surface area (Å²) in [7, 11) is 0. The number of allylic oxidation sites excluding steroid dienone is 2. The summed E-state index contributed by atoms with van der Waals surface area (Å²) in [6, 6.07) is 6.33. The zero-order valence-electron chi connectivity index (χ0n) is 14.2. The monoisotopic (exact) mass is 342 g/mol. The number of hydrogen-bond acceptors (Lipinski definition) is 5. The highest BCUT2D eigenvalue weighted by atomic mass is 16.5. The highest BCUT2D eigenvalue weighted by molar-refractivity contribution is 5.98. The maximum Gasteiger partial charge on any atom is 0.338 e. The predicted molar refractivity (Wildman–Crippen MR) is 88.4 cm³/mol. The minimum absolute atomic E-state index is 0.0910. The van der Waals surface area contributed by atoms with Gasteiger partial charge in [0.25, 0.3) is 0 Å². The van der Waals surface area contributed by atoms with Gasteiger partial charge in [-0.3, -0.25) is 4.79 Å². The second-order valence-electron chi connectivity index (χ2n) is 6.73. The molecule has 0 radical (unpaired) electrons. The van der Waals surface area contributed by atoms with Crippen LogP contribution in [0.4, 0.5) is 5.69 Å². The molecular formula is C19H20NO5-. The average molecular weight is 342 g/mol. The zero-order chi connectivity index (χ0) is 18.2. The van der Waals surface area contributed by atoms with Gasteiger partial charge in [-0.05, 0) is 49.4 Å². The quantitative estimate of drug-likeness (QED) is 0.644. The van der Waals surface area contributed by atoms with Crippen LogP contribution in [-0.2, 0) is 14.3 Å². The van der Waals surface area contributed by atoms with Gasteiger partial charge in [0.15, 0.2) is 0 Å². The first-order valence-electron chi connectivity index (χ1n) is 8.35. The SMILES string of the molecule is CCOC(=O)c1ccc(NC(=O)[C@H]2[C@H]3C=C[C@@H](C3)[C@@]2(C)C(=O)[O-])cc1. The summed E-state index contributed by atoms with van der Waals surface area (Å²) in [5.41, 5.74) is -0.304. The molecule has 0 aliphatic heterocycles. The van der Waals surface area contributed by atoms with Crippen molar-refractivity contribution in [2.75, 3.05) is 11.9 Å². The molecule has 4 atom stereocenters. The number of anilines is 1. The molecule has 1 aromatic rings. The van der Waals surface area contributed by atoms with Gasteiger partial charge in [-0.1, -0.05) is 19.1 Å². The van der Waals surface area contributed by atoms with E-state index in [0.29, 0.717) is 17.7 Å². The molecule has 0 heterocycles. The molecule has 1 amide bonds. The number of rotatable bonds is 5. The zero-order valence-corrected chi connectivity index (χ0v) is 14.2. The number of aliphatic carboxylic acids is 1. The fourth-order valence-corrected chi connectivity index (χ4v) is 3.96. The second kappa shape index (κ2) is 6.35. The summed E-state index contributed by atoms with van der Waals surface area (Å²) >= 11 is 0. The molecule has 25 heavy (non-hydrogen) atoms. The van der Waals surface area contributed by atoms with Crippen LogP contribution in [-0.4, -0.2) is 24.5 Å². The van der Waals surface area contributed by atoms with Gasteiger partial charge >= 0.3 is 5.97 Å². The Balaban J connectivity index is 1.75. The lowest BCUT2D eigenvalue weighted by atomic mass is 9.69. The topological polar surface area (TPSA) is 95.5 Å². The number of benzene rings is 1. The number of nitrogens with one attached hydrogen (secondary N) is 1. The Morgan fingerprint density at radius 1 is 1.24 bits per heavy atom. The van der Waals surface area contributed by atoms with Crippen molar-refractivity contribution in [2.24, 2.45) is 23.2 Å². The average Bonchev–Trinajstić information content (AvgIpc) is 3.15. The fourth-order valence-electron chi connectivity index (χ4n) is 3.96. The normalized spacial score (nSPS) is 29.4. The van der Waals surface area contributed by atoms with Crippen LogP contribution in [0.1, 0.15) is 30.6 Å². The van der Waals surface area contributed by atoms with Crippen molar-refractivity contribution in [3.8, 4) is 0 Å². The summed E-state index contributed by atoms with van der Waals surface area (Å²) in [6.07, 6.45) is 4.45. The van der Waals surface area contributed by atoms with Crippen LogP contribution in [0.2, 0.25) is 0 Å². The Bertz CT molecular complexity index is 739. The molecule has 2 aliphatic rings. The highest BCUT2D eigenvalue weighted by Gasteiger charge is 2.57. The maximum absolute atomic E-state index is 12.7. The number of carbonyl (C=O) groups excluding carboxylic acids is 3. The van der Waals surface area contributed by atoms with Gasteiger partial charge in [-0.2, -0.15) is 0 Å². The lowest BCUT2D eigenvalue weighted by molar-refractivity contribution is -0.321. The maximum atomic E-state index is 12.7. The second-order valence-corrected chi connectivity index (χ2v) is 6.73. The lowest BCUT2D eigenvalue weighted by Gasteiger charge is -2.38. The minimum Gasteiger partial charge on any atom is -0.550 e. The third kappa shape index (κ3) is 2.81. The van der Waals surface area contributed by atoms with Crippen LogP contribution in [0.25, 0.3) is 0 Å². The first-order chi connectivity index (χ1) is 11.9. The van der Waals surface area contributed by atoms with Crippen LogP contribution in [0, 0.1) is 23.2 Å². The molecule has 0 aromatic heterocycles. The van der Waals surface area contributed by atoms with E-state index in [1.165, 1.54) is 0 Å². The smallest absolute Gasteiger partial charge is 0.338 e. The summed E-state index contributed by atoms with van der Waals surface area (Å²) < 4.78 is 4.91. The fraction of sp³-hybridized carbons (Fsp3) is 0.421. The Morgan fingerprint density at radius 3 is 2.52 bits per heavy atom. The third-order valence-electron chi connectivity index (χ3n) is 5.35.